The number of nitrogens with zero attached hydrogens (tertiary/aromatic N) is 2. The van der Waals surface area contributed by atoms with Gasteiger partial charge < -0.3 is 0 Å². The second-order valence-electron chi connectivity index (χ2n) is 8.02. The Morgan fingerprint density at radius 3 is 2.00 bits per heavy atom. The van der Waals surface area contributed by atoms with Gasteiger partial charge in [-0.05, 0) is 30.7 Å². The Labute approximate surface area is 167 Å². The van der Waals surface area contributed by atoms with Gasteiger partial charge in [-0.3, -0.25) is 0 Å². The Kier molecular flexibility index (Phi) is 10.9. The van der Waals surface area contributed by atoms with Crippen molar-refractivity contribution in [2.45, 2.75) is 90.9 Å². The maximum Gasteiger partial charge on any atom is 0.244 e. The van der Waals surface area contributed by atoms with Gasteiger partial charge >= 0.3 is 0 Å². The van der Waals surface area contributed by atoms with Crippen LogP contribution in [0.4, 0.5) is 0 Å². The van der Waals surface area contributed by atoms with Crippen LogP contribution in [0.5, 0.6) is 0 Å². The Hall–Kier alpha value is -1.57. The summed E-state index contributed by atoms with van der Waals surface area (Å²) in [5.41, 5.74) is 1.45. The van der Waals surface area contributed by atoms with Crippen molar-refractivity contribution in [1.82, 2.24) is 0 Å². The lowest BCUT2D eigenvalue weighted by Gasteiger charge is -2.25. The van der Waals surface area contributed by atoms with Crippen molar-refractivity contribution < 1.29 is 0 Å². The molecule has 1 aromatic carbocycles. The zero-order chi connectivity index (χ0) is 19.2. The fourth-order valence-corrected chi connectivity index (χ4v) is 4.23. The molecule has 0 fully saturated rings. The van der Waals surface area contributed by atoms with Gasteiger partial charge in [0, 0.05) is 0 Å². The lowest BCUT2D eigenvalue weighted by Crippen LogP contribution is -2.22. The highest BCUT2D eigenvalue weighted by molar-refractivity contribution is 6.18. The molecule has 1 aliphatic rings. The number of benzene rings is 1. The first kappa shape index (κ1) is 21.7. The molecule has 0 bridgehead atoms. The molecule has 148 valence electrons. The van der Waals surface area contributed by atoms with Crippen molar-refractivity contribution in [2.75, 3.05) is 0 Å². The average Bonchev–Trinajstić information content (AvgIpc) is 3.22. The molecule has 2 rings (SSSR count). The predicted molar refractivity (Wildman–Crippen MR) is 119 cm³/mol. The van der Waals surface area contributed by atoms with Gasteiger partial charge in [0.1, 0.15) is 0 Å². The minimum absolute atomic E-state index is 0.495. The molecule has 2 heteroatoms. The molecule has 0 radical (unpaired) electrons. The standard InChI is InChI=1S/C25H39N2/c1-3-5-6-7-8-9-10-14-18-23(21-22-16-12-11-13-17-22)24(15-4-2)25-26-19-20-27-25/h11-13,16-17,19-20,23-24H,3-10,14-15,18,21H2,1-2H3/q+1. The molecule has 1 heterocycles. The Morgan fingerprint density at radius 2 is 1.37 bits per heavy atom. The SMILES string of the molecule is CCCCCCCCCCC(Cc1ccccc1)C(CCC)[C+]1N=CC=N1. The quantitative estimate of drug-likeness (QED) is 0.227. The van der Waals surface area contributed by atoms with Crippen LogP contribution in [0.1, 0.15) is 90.0 Å². The minimum Gasteiger partial charge on any atom is -0.0965 e. The van der Waals surface area contributed by atoms with E-state index in [0.29, 0.717) is 11.8 Å². The number of aliphatic imine (C=N–C) groups is 2. The van der Waals surface area contributed by atoms with Crippen molar-refractivity contribution in [1.29, 1.82) is 0 Å². The second kappa shape index (κ2) is 13.6. The first-order valence-electron chi connectivity index (χ1n) is 11.3. The third-order valence-electron chi connectivity index (χ3n) is 5.75. The fourth-order valence-electron chi connectivity index (χ4n) is 4.23. The van der Waals surface area contributed by atoms with Crippen LogP contribution in [0.3, 0.4) is 0 Å². The van der Waals surface area contributed by atoms with E-state index in [0.717, 1.165) is 12.6 Å². The molecule has 2 unspecified atom stereocenters. The molecule has 1 aliphatic heterocycles. The molecule has 0 saturated carbocycles. The van der Waals surface area contributed by atoms with E-state index in [1.165, 1.54) is 76.2 Å². The van der Waals surface area contributed by atoms with E-state index in [1.807, 2.05) is 12.4 Å². The van der Waals surface area contributed by atoms with Crippen LogP contribution < -0.4 is 0 Å². The van der Waals surface area contributed by atoms with Crippen LogP contribution in [0.2, 0.25) is 0 Å². The molecule has 2 atom stereocenters. The second-order valence-corrected chi connectivity index (χ2v) is 8.02. The monoisotopic (exact) mass is 367 g/mol. The molecular formula is C25H39N2+. The molecule has 1 aromatic rings. The van der Waals surface area contributed by atoms with E-state index in [-0.39, 0.29) is 0 Å². The topological polar surface area (TPSA) is 24.7 Å². The first-order chi connectivity index (χ1) is 13.3. The summed E-state index contributed by atoms with van der Waals surface area (Å²) in [6.45, 7) is 4.57. The highest BCUT2D eigenvalue weighted by Gasteiger charge is 2.34. The van der Waals surface area contributed by atoms with Crippen molar-refractivity contribution in [2.24, 2.45) is 21.8 Å². The summed E-state index contributed by atoms with van der Waals surface area (Å²) < 4.78 is 0. The van der Waals surface area contributed by atoms with Gasteiger partial charge in [-0.2, -0.15) is 0 Å². The smallest absolute Gasteiger partial charge is 0.0965 e. The van der Waals surface area contributed by atoms with Gasteiger partial charge in [0.05, 0.1) is 5.92 Å². The van der Waals surface area contributed by atoms with Gasteiger partial charge in [-0.1, -0.05) is 112 Å². The summed E-state index contributed by atoms with van der Waals surface area (Å²) in [5.74, 6) is 1.14. The largest absolute Gasteiger partial charge is 0.244 e. The zero-order valence-corrected chi connectivity index (χ0v) is 17.6. The van der Waals surface area contributed by atoms with E-state index < -0.39 is 0 Å². The van der Waals surface area contributed by atoms with Gasteiger partial charge in [-0.15, -0.1) is 0 Å². The molecule has 0 aromatic heterocycles. The van der Waals surface area contributed by atoms with Crippen LogP contribution in [0.25, 0.3) is 0 Å². The third kappa shape index (κ3) is 8.32. The lowest BCUT2D eigenvalue weighted by molar-refractivity contribution is 0.290. The Morgan fingerprint density at radius 1 is 0.741 bits per heavy atom. The van der Waals surface area contributed by atoms with Crippen LogP contribution in [0.15, 0.2) is 40.3 Å². The number of rotatable bonds is 15. The van der Waals surface area contributed by atoms with Gasteiger partial charge in [0.2, 0.25) is 6.17 Å². The van der Waals surface area contributed by atoms with Crippen molar-refractivity contribution >= 4 is 12.4 Å². The van der Waals surface area contributed by atoms with E-state index in [1.54, 1.807) is 0 Å². The molecule has 0 N–H and O–H groups in total. The van der Waals surface area contributed by atoms with E-state index in [2.05, 4.69) is 54.2 Å². The molecule has 0 amide bonds. The number of hydrogen-bond donors (Lipinski definition) is 0. The molecular weight excluding hydrogens is 328 g/mol. The van der Waals surface area contributed by atoms with Crippen LogP contribution in [0, 0.1) is 18.0 Å². The van der Waals surface area contributed by atoms with E-state index in [4.69, 9.17) is 0 Å². The van der Waals surface area contributed by atoms with E-state index >= 15 is 0 Å². The fraction of sp³-hybridized carbons (Fsp3) is 0.640. The van der Waals surface area contributed by atoms with Gasteiger partial charge in [0.25, 0.3) is 0 Å². The van der Waals surface area contributed by atoms with Crippen molar-refractivity contribution in [3.63, 3.8) is 0 Å². The van der Waals surface area contributed by atoms with Crippen molar-refractivity contribution in [3.05, 3.63) is 42.1 Å². The first-order valence-corrected chi connectivity index (χ1v) is 11.3. The number of hydrogen-bond acceptors (Lipinski definition) is 2. The average molecular weight is 368 g/mol. The normalized spacial score (nSPS) is 15.4. The predicted octanol–water partition coefficient (Wildman–Crippen LogP) is 7.44. The maximum absolute atomic E-state index is 4.57. The third-order valence-corrected chi connectivity index (χ3v) is 5.75. The van der Waals surface area contributed by atoms with Crippen LogP contribution in [-0.4, -0.2) is 12.4 Å². The summed E-state index contributed by atoms with van der Waals surface area (Å²) in [5, 5.41) is 0. The summed E-state index contributed by atoms with van der Waals surface area (Å²) in [6, 6.07) is 11.0. The van der Waals surface area contributed by atoms with E-state index in [9.17, 15) is 0 Å². The molecule has 0 spiro atoms. The minimum atomic E-state index is 0.495. The molecule has 0 aliphatic carbocycles. The molecule has 2 nitrogen and oxygen atoms in total. The highest BCUT2D eigenvalue weighted by Crippen LogP contribution is 2.36. The van der Waals surface area contributed by atoms with Gasteiger partial charge in [0.15, 0.2) is 12.4 Å². The Bertz CT molecular complexity index is 523. The summed E-state index contributed by atoms with van der Waals surface area (Å²) in [7, 11) is 0. The van der Waals surface area contributed by atoms with Gasteiger partial charge in [-0.25, -0.2) is 0 Å². The molecule has 0 saturated heterocycles. The Balaban J connectivity index is 1.86. The van der Waals surface area contributed by atoms with Crippen molar-refractivity contribution in [3.8, 4) is 0 Å². The summed E-state index contributed by atoms with van der Waals surface area (Å²) in [4.78, 5) is 9.15. The number of unbranched alkanes of at least 4 members (excludes halogenated alkanes) is 7. The lowest BCUT2D eigenvalue weighted by atomic mass is 9.79. The highest BCUT2D eigenvalue weighted by atomic mass is 15.0. The van der Waals surface area contributed by atoms with Crippen LogP contribution >= 0.6 is 0 Å². The summed E-state index contributed by atoms with van der Waals surface area (Å²) >= 11 is 0. The van der Waals surface area contributed by atoms with Crippen LogP contribution in [-0.2, 0) is 6.42 Å². The molecule has 27 heavy (non-hydrogen) atoms. The zero-order valence-electron chi connectivity index (χ0n) is 17.6. The summed E-state index contributed by atoms with van der Waals surface area (Å²) in [6.07, 6.45) is 20.7. The maximum atomic E-state index is 4.57.